The summed E-state index contributed by atoms with van der Waals surface area (Å²) in [6.45, 7) is 2.89. The molecule has 1 N–H and O–H groups in total. The van der Waals surface area contributed by atoms with E-state index in [1.807, 2.05) is 17.5 Å². The maximum Gasteiger partial charge on any atom is 0.573 e. The van der Waals surface area contributed by atoms with Crippen LogP contribution in [0.3, 0.4) is 0 Å². The molecule has 10 heteroatoms. The van der Waals surface area contributed by atoms with Gasteiger partial charge in [0, 0.05) is 6.07 Å². The van der Waals surface area contributed by atoms with Gasteiger partial charge < -0.3 is 10.1 Å². The van der Waals surface area contributed by atoms with Gasteiger partial charge in [-0.05, 0) is 43.5 Å². The van der Waals surface area contributed by atoms with Gasteiger partial charge in [-0.2, -0.15) is 5.10 Å². The molecule has 0 saturated carbocycles. The van der Waals surface area contributed by atoms with E-state index in [1.54, 1.807) is 6.07 Å². The standard InChI is InChI=1S/C19H16F3N3O3S/c1-18(2,25-16(26)10-9-13(24-25)15-8-5-11-29-15)17(27)23-12-6-3-4-7-14(12)28-19(20,21)22/h3-11H,1-2H3,(H,23,27). The first kappa shape index (κ1) is 20.6. The molecule has 0 aliphatic carbocycles. The van der Waals surface area contributed by atoms with Crippen LogP contribution < -0.4 is 15.6 Å². The maximum atomic E-state index is 12.9. The fourth-order valence-corrected chi connectivity index (χ4v) is 3.21. The van der Waals surface area contributed by atoms with E-state index in [0.29, 0.717) is 5.69 Å². The Morgan fingerprint density at radius 2 is 1.83 bits per heavy atom. The highest BCUT2D eigenvalue weighted by atomic mass is 32.1. The van der Waals surface area contributed by atoms with Crippen LogP contribution in [-0.4, -0.2) is 22.1 Å². The highest BCUT2D eigenvalue weighted by Gasteiger charge is 2.35. The molecule has 2 heterocycles. The van der Waals surface area contributed by atoms with Crippen molar-refractivity contribution in [3.8, 4) is 16.3 Å². The Bertz CT molecular complexity index is 1080. The Balaban J connectivity index is 1.92. The normalized spacial score (nSPS) is 11.9. The van der Waals surface area contributed by atoms with Crippen LogP contribution in [-0.2, 0) is 10.3 Å². The highest BCUT2D eigenvalue weighted by Crippen LogP contribution is 2.31. The van der Waals surface area contributed by atoms with Gasteiger partial charge in [-0.3, -0.25) is 9.59 Å². The van der Waals surface area contributed by atoms with E-state index in [1.165, 1.54) is 49.4 Å². The Morgan fingerprint density at radius 1 is 1.10 bits per heavy atom. The number of hydrogen-bond acceptors (Lipinski definition) is 5. The smallest absolute Gasteiger partial charge is 0.404 e. The summed E-state index contributed by atoms with van der Waals surface area (Å²) in [7, 11) is 0. The van der Waals surface area contributed by atoms with Gasteiger partial charge in [0.25, 0.3) is 11.5 Å². The molecule has 0 fully saturated rings. The first-order valence-corrected chi connectivity index (χ1v) is 9.27. The highest BCUT2D eigenvalue weighted by molar-refractivity contribution is 7.13. The van der Waals surface area contributed by atoms with E-state index in [-0.39, 0.29) is 5.69 Å². The molecule has 0 radical (unpaired) electrons. The van der Waals surface area contributed by atoms with Crippen LogP contribution in [0.1, 0.15) is 13.8 Å². The number of halogens is 3. The van der Waals surface area contributed by atoms with Gasteiger partial charge in [-0.1, -0.05) is 18.2 Å². The Hall–Kier alpha value is -3.14. The minimum atomic E-state index is -4.91. The van der Waals surface area contributed by atoms with Crippen molar-refractivity contribution in [2.24, 2.45) is 0 Å². The van der Waals surface area contributed by atoms with Crippen molar-refractivity contribution >= 4 is 22.9 Å². The molecule has 0 atom stereocenters. The Kier molecular flexibility index (Phi) is 5.47. The number of aromatic nitrogens is 2. The monoisotopic (exact) mass is 423 g/mol. The van der Waals surface area contributed by atoms with Crippen molar-refractivity contribution in [2.45, 2.75) is 25.7 Å². The summed E-state index contributed by atoms with van der Waals surface area (Å²) < 4.78 is 42.8. The zero-order chi connectivity index (χ0) is 21.2. The third-order valence-electron chi connectivity index (χ3n) is 4.02. The fourth-order valence-electron chi connectivity index (χ4n) is 2.52. The number of anilines is 1. The molecule has 2 aromatic heterocycles. The van der Waals surface area contributed by atoms with E-state index < -0.39 is 29.1 Å². The molecular weight excluding hydrogens is 407 g/mol. The van der Waals surface area contributed by atoms with E-state index in [0.717, 1.165) is 15.6 Å². The first-order valence-electron chi connectivity index (χ1n) is 8.39. The van der Waals surface area contributed by atoms with Crippen molar-refractivity contribution in [1.29, 1.82) is 0 Å². The van der Waals surface area contributed by atoms with Gasteiger partial charge in [0.15, 0.2) is 5.75 Å². The second-order valence-corrected chi connectivity index (χ2v) is 7.45. The van der Waals surface area contributed by atoms with Crippen molar-refractivity contribution in [3.05, 3.63) is 64.3 Å². The molecule has 152 valence electrons. The van der Waals surface area contributed by atoms with Crippen molar-refractivity contribution in [3.63, 3.8) is 0 Å². The van der Waals surface area contributed by atoms with Crippen molar-refractivity contribution < 1.29 is 22.7 Å². The molecular formula is C19H16F3N3O3S. The van der Waals surface area contributed by atoms with Crippen molar-refractivity contribution in [1.82, 2.24) is 9.78 Å². The predicted molar refractivity (Wildman–Crippen MR) is 103 cm³/mol. The second-order valence-electron chi connectivity index (χ2n) is 6.50. The zero-order valence-corrected chi connectivity index (χ0v) is 16.2. The minimum absolute atomic E-state index is 0.176. The molecule has 1 amide bonds. The molecule has 0 unspecified atom stereocenters. The summed E-state index contributed by atoms with van der Waals surface area (Å²) in [4.78, 5) is 26.0. The van der Waals surface area contributed by atoms with Gasteiger partial charge in [0.2, 0.25) is 0 Å². The summed E-state index contributed by atoms with van der Waals surface area (Å²) in [5, 5.41) is 8.51. The summed E-state index contributed by atoms with van der Waals surface area (Å²) in [5.41, 5.74) is -1.69. The van der Waals surface area contributed by atoms with Gasteiger partial charge in [-0.15, -0.1) is 24.5 Å². The van der Waals surface area contributed by atoms with E-state index >= 15 is 0 Å². The summed E-state index contributed by atoms with van der Waals surface area (Å²) in [6.07, 6.45) is -4.91. The lowest BCUT2D eigenvalue weighted by Gasteiger charge is -2.26. The molecule has 0 saturated heterocycles. The van der Waals surface area contributed by atoms with E-state index in [9.17, 15) is 22.8 Å². The Labute approximate surface area is 167 Å². The topological polar surface area (TPSA) is 73.2 Å². The molecule has 0 aliphatic rings. The van der Waals surface area contributed by atoms with E-state index in [4.69, 9.17) is 0 Å². The van der Waals surface area contributed by atoms with Crippen LogP contribution in [0, 0.1) is 0 Å². The number of carbonyl (C=O) groups is 1. The number of ether oxygens (including phenoxy) is 1. The molecule has 1 aromatic carbocycles. The van der Waals surface area contributed by atoms with Crippen LogP contribution in [0.5, 0.6) is 5.75 Å². The third-order valence-corrected chi connectivity index (χ3v) is 4.91. The van der Waals surface area contributed by atoms with Crippen LogP contribution in [0.15, 0.2) is 58.7 Å². The van der Waals surface area contributed by atoms with Crippen molar-refractivity contribution in [2.75, 3.05) is 5.32 Å². The number of thiophene rings is 1. The largest absolute Gasteiger partial charge is 0.573 e. The zero-order valence-electron chi connectivity index (χ0n) is 15.4. The first-order chi connectivity index (χ1) is 13.6. The SMILES string of the molecule is CC(C)(C(=O)Nc1ccccc1OC(F)(F)F)n1nc(-c2cccs2)ccc1=O. The number of nitrogens with zero attached hydrogens (tertiary/aromatic N) is 2. The molecule has 3 aromatic rings. The van der Waals surface area contributed by atoms with Gasteiger partial charge >= 0.3 is 6.36 Å². The fraction of sp³-hybridized carbons (Fsp3) is 0.211. The number of hydrogen-bond donors (Lipinski definition) is 1. The molecule has 0 spiro atoms. The van der Waals surface area contributed by atoms with Crippen LogP contribution in [0.2, 0.25) is 0 Å². The number of alkyl halides is 3. The summed E-state index contributed by atoms with van der Waals surface area (Å²) >= 11 is 1.42. The molecule has 0 aliphatic heterocycles. The number of carbonyl (C=O) groups excluding carboxylic acids is 1. The number of rotatable bonds is 5. The van der Waals surface area contributed by atoms with Crippen LogP contribution in [0.25, 0.3) is 10.6 Å². The minimum Gasteiger partial charge on any atom is -0.404 e. The van der Waals surface area contributed by atoms with E-state index in [2.05, 4.69) is 15.2 Å². The number of amides is 1. The number of para-hydroxylation sites is 2. The molecule has 29 heavy (non-hydrogen) atoms. The second kappa shape index (κ2) is 7.70. The average Bonchev–Trinajstić information content (AvgIpc) is 3.17. The molecule has 6 nitrogen and oxygen atoms in total. The van der Waals surface area contributed by atoms with Crippen LogP contribution >= 0.6 is 11.3 Å². The van der Waals surface area contributed by atoms with Gasteiger partial charge in [0.05, 0.1) is 10.6 Å². The Morgan fingerprint density at radius 3 is 2.48 bits per heavy atom. The summed E-state index contributed by atoms with van der Waals surface area (Å²) in [6, 6.07) is 11.6. The summed E-state index contributed by atoms with van der Waals surface area (Å²) in [5.74, 6) is -1.29. The van der Waals surface area contributed by atoms with Crippen LogP contribution in [0.4, 0.5) is 18.9 Å². The lowest BCUT2D eigenvalue weighted by molar-refractivity contribution is -0.274. The quantitative estimate of drug-likeness (QED) is 0.666. The average molecular weight is 423 g/mol. The lowest BCUT2D eigenvalue weighted by atomic mass is 10.0. The molecule has 3 rings (SSSR count). The predicted octanol–water partition coefficient (Wildman–Crippen LogP) is 4.24. The number of nitrogens with one attached hydrogen (secondary N) is 1. The maximum absolute atomic E-state index is 12.9. The lowest BCUT2D eigenvalue weighted by Crippen LogP contribution is -2.47. The third kappa shape index (κ3) is 4.65. The molecule has 0 bridgehead atoms. The van der Waals surface area contributed by atoms with Gasteiger partial charge in [0.1, 0.15) is 11.2 Å². The van der Waals surface area contributed by atoms with Gasteiger partial charge in [-0.25, -0.2) is 4.68 Å². The number of benzene rings is 1.